The summed E-state index contributed by atoms with van der Waals surface area (Å²) in [7, 11) is 0. The fourth-order valence-corrected chi connectivity index (χ4v) is 5.54. The Hall–Kier alpha value is -3.52. The minimum absolute atomic E-state index is 0.755. The summed E-state index contributed by atoms with van der Waals surface area (Å²) < 4.78 is 0. The summed E-state index contributed by atoms with van der Waals surface area (Å²) in [5, 5.41) is 0. The van der Waals surface area contributed by atoms with Crippen molar-refractivity contribution in [2.24, 2.45) is 0 Å². The Morgan fingerprint density at radius 1 is 0.500 bits per heavy atom. The van der Waals surface area contributed by atoms with E-state index in [0.717, 1.165) is 52.3 Å². The molecule has 0 saturated heterocycles. The molecule has 0 aliphatic carbocycles. The van der Waals surface area contributed by atoms with E-state index in [-0.39, 0.29) is 0 Å². The first-order valence-corrected chi connectivity index (χ1v) is 16.5. The van der Waals surface area contributed by atoms with Gasteiger partial charge in [0.2, 0.25) is 0 Å². The largest absolute Gasteiger partial charge is 0.228 e. The van der Waals surface area contributed by atoms with Crippen LogP contribution in [0.15, 0.2) is 85.4 Å². The van der Waals surface area contributed by atoms with Gasteiger partial charge >= 0.3 is 0 Å². The smallest absolute Gasteiger partial charge is 0.160 e. The van der Waals surface area contributed by atoms with E-state index in [1.807, 2.05) is 6.08 Å². The van der Waals surface area contributed by atoms with Crippen LogP contribution in [0.4, 0.5) is 0 Å². The van der Waals surface area contributed by atoms with Gasteiger partial charge in [0.25, 0.3) is 0 Å². The van der Waals surface area contributed by atoms with E-state index in [2.05, 4.69) is 99.3 Å². The second kappa shape index (κ2) is 17.4. The standard InChI is InChI=1S/C40H50N2/c1-4-7-9-11-13-15-17-33-21-25-35(26-22-33)38-31-39(42-40(41-38)37-29-19-32(6-3)20-30-37)36-27-23-34(24-28-36)18-16-14-12-10-8-5-2/h6,19-31H,3-5,7-18H2,1-2H3. The molecule has 4 rings (SSSR count). The van der Waals surface area contributed by atoms with Crippen molar-refractivity contribution in [2.75, 3.05) is 0 Å². The summed E-state index contributed by atoms with van der Waals surface area (Å²) in [5.41, 5.74) is 9.12. The highest BCUT2D eigenvalue weighted by molar-refractivity contribution is 5.72. The summed E-state index contributed by atoms with van der Waals surface area (Å²) >= 11 is 0. The van der Waals surface area contributed by atoms with Crippen LogP contribution in [-0.4, -0.2) is 9.97 Å². The zero-order chi connectivity index (χ0) is 29.4. The van der Waals surface area contributed by atoms with Gasteiger partial charge in [-0.25, -0.2) is 9.97 Å². The summed E-state index contributed by atoms with van der Waals surface area (Å²) in [4.78, 5) is 10.1. The summed E-state index contributed by atoms with van der Waals surface area (Å²) in [6.07, 6.45) is 20.1. The predicted octanol–water partition coefficient (Wildman–Crippen LogP) is 11.9. The normalized spacial score (nSPS) is 11.1. The third-order valence-corrected chi connectivity index (χ3v) is 8.27. The zero-order valence-corrected chi connectivity index (χ0v) is 26.1. The molecule has 0 bridgehead atoms. The molecule has 0 amide bonds. The molecule has 1 aromatic heterocycles. The number of hydrogen-bond acceptors (Lipinski definition) is 2. The zero-order valence-electron chi connectivity index (χ0n) is 26.1. The topological polar surface area (TPSA) is 25.8 Å². The molecule has 2 nitrogen and oxygen atoms in total. The molecule has 2 heteroatoms. The van der Waals surface area contributed by atoms with E-state index in [0.29, 0.717) is 0 Å². The van der Waals surface area contributed by atoms with Crippen LogP contribution in [0.25, 0.3) is 40.0 Å². The monoisotopic (exact) mass is 558 g/mol. The lowest BCUT2D eigenvalue weighted by molar-refractivity contribution is 0.607. The molecule has 0 atom stereocenters. The summed E-state index contributed by atoms with van der Waals surface area (Å²) in [6, 6.07) is 28.5. The van der Waals surface area contributed by atoms with Crippen LogP contribution in [0.2, 0.25) is 0 Å². The molecule has 0 unspecified atom stereocenters. The maximum Gasteiger partial charge on any atom is 0.160 e. The molecule has 0 aliphatic heterocycles. The van der Waals surface area contributed by atoms with Crippen LogP contribution >= 0.6 is 0 Å². The Balaban J connectivity index is 1.51. The van der Waals surface area contributed by atoms with E-state index < -0.39 is 0 Å². The first-order chi connectivity index (χ1) is 20.7. The second-order valence-corrected chi connectivity index (χ2v) is 11.7. The van der Waals surface area contributed by atoms with Gasteiger partial charge in [-0.3, -0.25) is 0 Å². The maximum absolute atomic E-state index is 5.04. The Kier molecular flexibility index (Phi) is 13.0. The third-order valence-electron chi connectivity index (χ3n) is 8.27. The van der Waals surface area contributed by atoms with Crippen molar-refractivity contribution in [3.05, 3.63) is 102 Å². The fourth-order valence-electron chi connectivity index (χ4n) is 5.54. The number of nitrogens with zero attached hydrogens (tertiary/aromatic N) is 2. The van der Waals surface area contributed by atoms with Gasteiger partial charge in [-0.1, -0.05) is 164 Å². The maximum atomic E-state index is 5.04. The van der Waals surface area contributed by atoms with Crippen molar-refractivity contribution >= 4 is 6.08 Å². The van der Waals surface area contributed by atoms with Crippen LogP contribution in [-0.2, 0) is 12.8 Å². The highest BCUT2D eigenvalue weighted by Crippen LogP contribution is 2.29. The molecule has 0 radical (unpaired) electrons. The van der Waals surface area contributed by atoms with Gasteiger partial charge in [0.15, 0.2) is 5.82 Å². The average Bonchev–Trinajstić information content (AvgIpc) is 3.05. The Bertz CT molecular complexity index is 1260. The lowest BCUT2D eigenvalue weighted by Crippen LogP contribution is -1.96. The van der Waals surface area contributed by atoms with Crippen molar-refractivity contribution in [1.29, 1.82) is 0 Å². The van der Waals surface area contributed by atoms with Crippen molar-refractivity contribution in [3.8, 4) is 33.9 Å². The van der Waals surface area contributed by atoms with Gasteiger partial charge in [-0.15, -0.1) is 0 Å². The van der Waals surface area contributed by atoms with Gasteiger partial charge in [0.1, 0.15) is 0 Å². The number of benzene rings is 3. The number of rotatable bonds is 18. The second-order valence-electron chi connectivity index (χ2n) is 11.7. The number of unbranched alkanes of at least 4 members (excludes halogenated alkanes) is 10. The van der Waals surface area contributed by atoms with Gasteiger partial charge in [-0.2, -0.15) is 0 Å². The molecule has 4 aromatic rings. The molecule has 0 saturated carbocycles. The number of hydrogen-bond donors (Lipinski definition) is 0. The van der Waals surface area contributed by atoms with Gasteiger partial charge in [-0.05, 0) is 48.4 Å². The van der Waals surface area contributed by atoms with Crippen molar-refractivity contribution < 1.29 is 0 Å². The third kappa shape index (κ3) is 9.79. The van der Waals surface area contributed by atoms with Crippen LogP contribution in [0.1, 0.15) is 108 Å². The minimum atomic E-state index is 0.755. The van der Waals surface area contributed by atoms with Crippen LogP contribution in [0, 0.1) is 0 Å². The van der Waals surface area contributed by atoms with E-state index in [1.54, 1.807) is 0 Å². The first kappa shape index (κ1) is 31.4. The molecule has 220 valence electrons. The molecule has 3 aromatic carbocycles. The molecule has 0 spiro atoms. The van der Waals surface area contributed by atoms with E-state index in [9.17, 15) is 0 Å². The molecular formula is C40H50N2. The highest BCUT2D eigenvalue weighted by atomic mass is 14.9. The molecule has 0 N–H and O–H groups in total. The van der Waals surface area contributed by atoms with E-state index >= 15 is 0 Å². The highest BCUT2D eigenvalue weighted by Gasteiger charge is 2.11. The van der Waals surface area contributed by atoms with E-state index in [1.165, 1.54) is 88.2 Å². The first-order valence-electron chi connectivity index (χ1n) is 16.5. The molecule has 42 heavy (non-hydrogen) atoms. The van der Waals surface area contributed by atoms with Crippen LogP contribution in [0.5, 0.6) is 0 Å². The number of aryl methyl sites for hydroxylation is 2. The lowest BCUT2D eigenvalue weighted by Gasteiger charge is -2.11. The van der Waals surface area contributed by atoms with E-state index in [4.69, 9.17) is 9.97 Å². The Morgan fingerprint density at radius 3 is 1.33 bits per heavy atom. The number of aromatic nitrogens is 2. The van der Waals surface area contributed by atoms with Crippen molar-refractivity contribution in [3.63, 3.8) is 0 Å². The molecule has 0 aliphatic rings. The lowest BCUT2D eigenvalue weighted by atomic mass is 10.0. The van der Waals surface area contributed by atoms with Crippen LogP contribution in [0.3, 0.4) is 0 Å². The molecule has 0 fully saturated rings. The minimum Gasteiger partial charge on any atom is -0.228 e. The Morgan fingerprint density at radius 2 is 0.905 bits per heavy atom. The Labute approximate surface area is 255 Å². The van der Waals surface area contributed by atoms with Crippen molar-refractivity contribution in [2.45, 2.75) is 104 Å². The predicted molar refractivity (Wildman–Crippen MR) is 183 cm³/mol. The van der Waals surface area contributed by atoms with Crippen molar-refractivity contribution in [1.82, 2.24) is 9.97 Å². The SMILES string of the molecule is C=Cc1ccc(-c2nc(-c3ccc(CCCCCCCC)cc3)cc(-c3ccc(CCCCCCCC)cc3)n2)cc1. The molecule has 1 heterocycles. The average molecular weight is 559 g/mol. The summed E-state index contributed by atoms with van der Waals surface area (Å²) in [5.74, 6) is 0.755. The molecular weight excluding hydrogens is 508 g/mol. The summed E-state index contributed by atoms with van der Waals surface area (Å²) in [6.45, 7) is 8.44. The van der Waals surface area contributed by atoms with Crippen LogP contribution < -0.4 is 0 Å². The van der Waals surface area contributed by atoms with Gasteiger partial charge in [0, 0.05) is 16.7 Å². The quantitative estimate of drug-likeness (QED) is 0.113. The fraction of sp³-hybridized carbons (Fsp3) is 0.400. The van der Waals surface area contributed by atoms with Gasteiger partial charge < -0.3 is 0 Å². The van der Waals surface area contributed by atoms with Gasteiger partial charge in [0.05, 0.1) is 11.4 Å².